The first-order valence-corrected chi connectivity index (χ1v) is 6.48. The molecule has 5 heteroatoms. The van der Waals surface area contributed by atoms with Gasteiger partial charge in [0.1, 0.15) is 12.2 Å². The van der Waals surface area contributed by atoms with Gasteiger partial charge in [0.15, 0.2) is 0 Å². The quantitative estimate of drug-likeness (QED) is 0.590. The Kier molecular flexibility index (Phi) is 3.31. The number of nitrogen functional groups attached to an aromatic ring is 1. The topological polar surface area (TPSA) is 78.3 Å². The summed E-state index contributed by atoms with van der Waals surface area (Å²) in [4.78, 5) is 16.0. The Labute approximate surface area is 121 Å². The van der Waals surface area contributed by atoms with Crippen LogP contribution in [0.4, 0.5) is 5.69 Å². The number of pyridine rings is 1. The molecule has 0 spiro atoms. The van der Waals surface area contributed by atoms with E-state index in [9.17, 15) is 4.79 Å². The fourth-order valence-corrected chi connectivity index (χ4v) is 2.08. The van der Waals surface area contributed by atoms with Gasteiger partial charge in [0.05, 0.1) is 0 Å². The summed E-state index contributed by atoms with van der Waals surface area (Å²) in [6.45, 7) is 2.09. The Bertz CT molecular complexity index is 808. The summed E-state index contributed by atoms with van der Waals surface area (Å²) in [5.74, 6) is -0.345. The number of anilines is 1. The van der Waals surface area contributed by atoms with Gasteiger partial charge in [-0.25, -0.2) is 4.79 Å². The van der Waals surface area contributed by atoms with E-state index in [0.29, 0.717) is 11.3 Å². The summed E-state index contributed by atoms with van der Waals surface area (Å²) < 4.78 is 10.7. The third-order valence-corrected chi connectivity index (χ3v) is 3.04. The van der Waals surface area contributed by atoms with Gasteiger partial charge < -0.3 is 14.9 Å². The van der Waals surface area contributed by atoms with Crippen molar-refractivity contribution in [2.45, 2.75) is 13.5 Å². The van der Waals surface area contributed by atoms with Crippen molar-refractivity contribution in [2.75, 3.05) is 5.73 Å². The van der Waals surface area contributed by atoms with Crippen molar-refractivity contribution in [3.05, 3.63) is 59.6 Å². The lowest BCUT2D eigenvalue weighted by molar-refractivity contribution is 0.0438. The molecule has 0 unspecified atom stereocenters. The highest BCUT2D eigenvalue weighted by molar-refractivity contribution is 5.93. The molecule has 0 aliphatic rings. The highest BCUT2D eigenvalue weighted by Gasteiger charge is 2.14. The summed E-state index contributed by atoms with van der Waals surface area (Å²) in [5.41, 5.74) is 8.77. The number of ether oxygens (including phenoxy) is 1. The smallest absolute Gasteiger partial charge is 0.374 e. The Morgan fingerprint density at radius 3 is 2.95 bits per heavy atom. The Morgan fingerprint density at radius 1 is 1.29 bits per heavy atom. The Morgan fingerprint density at radius 2 is 2.14 bits per heavy atom. The Balaban J connectivity index is 1.74. The number of furan rings is 1. The van der Waals surface area contributed by atoms with Gasteiger partial charge in [-0.1, -0.05) is 0 Å². The number of nitrogens with zero attached hydrogens (tertiary/aromatic N) is 1. The van der Waals surface area contributed by atoms with E-state index in [2.05, 4.69) is 4.98 Å². The number of fused-ring (bicyclic) bond motifs is 1. The van der Waals surface area contributed by atoms with Gasteiger partial charge in [-0.15, -0.1) is 0 Å². The summed E-state index contributed by atoms with van der Waals surface area (Å²) in [7, 11) is 0. The molecule has 0 radical (unpaired) electrons. The number of carbonyl (C=O) groups excluding carboxylic acids is 1. The molecule has 21 heavy (non-hydrogen) atoms. The predicted octanol–water partition coefficient (Wildman–Crippen LogP) is 3.08. The van der Waals surface area contributed by atoms with E-state index >= 15 is 0 Å². The van der Waals surface area contributed by atoms with Crippen LogP contribution in [0.3, 0.4) is 0 Å². The van der Waals surface area contributed by atoms with E-state index in [0.717, 1.165) is 16.5 Å². The van der Waals surface area contributed by atoms with Crippen LogP contribution in [0.5, 0.6) is 0 Å². The van der Waals surface area contributed by atoms with E-state index in [4.69, 9.17) is 14.9 Å². The van der Waals surface area contributed by atoms with Crippen LogP contribution in [0.2, 0.25) is 0 Å². The minimum absolute atomic E-state index is 0.159. The molecule has 0 saturated heterocycles. The highest BCUT2D eigenvalue weighted by atomic mass is 16.5. The predicted molar refractivity (Wildman–Crippen MR) is 78.7 cm³/mol. The van der Waals surface area contributed by atoms with Crippen molar-refractivity contribution in [2.24, 2.45) is 0 Å². The number of carbonyl (C=O) groups is 1. The van der Waals surface area contributed by atoms with Gasteiger partial charge in [-0.3, -0.25) is 4.98 Å². The minimum Gasteiger partial charge on any atom is -0.455 e. The van der Waals surface area contributed by atoms with E-state index in [1.807, 2.05) is 13.0 Å². The van der Waals surface area contributed by atoms with E-state index in [-0.39, 0.29) is 12.4 Å². The van der Waals surface area contributed by atoms with Gasteiger partial charge in [0.25, 0.3) is 0 Å². The van der Waals surface area contributed by atoms with Crippen LogP contribution in [0.15, 0.2) is 47.1 Å². The zero-order valence-electron chi connectivity index (χ0n) is 11.5. The number of nitrogens with two attached hydrogens (primary N) is 1. The summed E-state index contributed by atoms with van der Waals surface area (Å²) in [6.07, 6.45) is 3.41. The minimum atomic E-state index is -0.508. The molecule has 0 bridgehead atoms. The standard InChI is InChI=1S/C16H14N2O3/c1-10-4-11(8-18-7-10)9-20-16(19)15-6-12-5-13(17)2-3-14(12)21-15/h2-8H,9,17H2,1H3. The summed E-state index contributed by atoms with van der Waals surface area (Å²) in [6, 6.07) is 8.74. The van der Waals surface area contributed by atoms with Gasteiger partial charge in [-0.05, 0) is 42.8 Å². The zero-order valence-corrected chi connectivity index (χ0v) is 11.5. The molecule has 5 nitrogen and oxygen atoms in total. The second-order valence-electron chi connectivity index (χ2n) is 4.85. The average molecular weight is 282 g/mol. The molecule has 0 fully saturated rings. The van der Waals surface area contributed by atoms with Crippen LogP contribution in [0.1, 0.15) is 21.7 Å². The summed E-state index contributed by atoms with van der Waals surface area (Å²) in [5, 5.41) is 0.777. The van der Waals surface area contributed by atoms with Gasteiger partial charge in [0, 0.05) is 29.0 Å². The molecule has 2 aromatic heterocycles. The van der Waals surface area contributed by atoms with E-state index in [1.165, 1.54) is 0 Å². The van der Waals surface area contributed by atoms with Gasteiger partial charge in [0.2, 0.25) is 5.76 Å². The maximum Gasteiger partial charge on any atom is 0.374 e. The maximum absolute atomic E-state index is 12.0. The molecule has 0 amide bonds. The molecule has 2 heterocycles. The van der Waals surface area contributed by atoms with Crippen LogP contribution in [-0.2, 0) is 11.3 Å². The van der Waals surface area contributed by atoms with Gasteiger partial charge >= 0.3 is 5.97 Å². The summed E-state index contributed by atoms with van der Waals surface area (Å²) >= 11 is 0. The first-order valence-electron chi connectivity index (χ1n) is 6.48. The third-order valence-electron chi connectivity index (χ3n) is 3.04. The monoisotopic (exact) mass is 282 g/mol. The van der Waals surface area contributed by atoms with Crippen LogP contribution >= 0.6 is 0 Å². The molecular formula is C16H14N2O3. The molecule has 3 rings (SSSR count). The lowest BCUT2D eigenvalue weighted by Crippen LogP contribution is -2.04. The number of hydrogen-bond acceptors (Lipinski definition) is 5. The second-order valence-corrected chi connectivity index (χ2v) is 4.85. The van der Waals surface area contributed by atoms with Crippen molar-refractivity contribution in [1.29, 1.82) is 0 Å². The number of aromatic nitrogens is 1. The lowest BCUT2D eigenvalue weighted by Gasteiger charge is -2.03. The highest BCUT2D eigenvalue weighted by Crippen LogP contribution is 2.22. The number of rotatable bonds is 3. The molecule has 106 valence electrons. The van der Waals surface area contributed by atoms with Crippen molar-refractivity contribution in [1.82, 2.24) is 4.98 Å². The molecule has 0 atom stereocenters. The molecule has 3 aromatic rings. The fraction of sp³-hybridized carbons (Fsp3) is 0.125. The van der Waals surface area contributed by atoms with E-state index < -0.39 is 5.97 Å². The zero-order chi connectivity index (χ0) is 14.8. The van der Waals surface area contributed by atoms with Crippen LogP contribution in [0.25, 0.3) is 11.0 Å². The number of esters is 1. The molecular weight excluding hydrogens is 268 g/mol. The maximum atomic E-state index is 12.0. The second kappa shape index (κ2) is 5.28. The fourth-order valence-electron chi connectivity index (χ4n) is 2.08. The van der Waals surface area contributed by atoms with Crippen molar-refractivity contribution >= 4 is 22.6 Å². The molecule has 0 aliphatic heterocycles. The normalized spacial score (nSPS) is 10.7. The van der Waals surface area contributed by atoms with E-state index in [1.54, 1.807) is 36.7 Å². The van der Waals surface area contributed by atoms with Crippen LogP contribution in [0, 0.1) is 6.92 Å². The van der Waals surface area contributed by atoms with Crippen molar-refractivity contribution < 1.29 is 13.9 Å². The third kappa shape index (κ3) is 2.86. The first-order chi connectivity index (χ1) is 10.1. The molecule has 0 aliphatic carbocycles. The number of aryl methyl sites for hydroxylation is 1. The Hall–Kier alpha value is -2.82. The number of hydrogen-bond donors (Lipinski definition) is 1. The SMILES string of the molecule is Cc1cncc(COC(=O)c2cc3cc(N)ccc3o2)c1. The largest absolute Gasteiger partial charge is 0.455 e. The first kappa shape index (κ1) is 13.2. The molecule has 0 saturated carbocycles. The molecule has 1 aromatic carbocycles. The van der Waals surface area contributed by atoms with Crippen molar-refractivity contribution in [3.8, 4) is 0 Å². The van der Waals surface area contributed by atoms with Crippen LogP contribution < -0.4 is 5.73 Å². The molecule has 2 N–H and O–H groups in total. The lowest BCUT2D eigenvalue weighted by atomic mass is 10.2. The number of benzene rings is 1. The average Bonchev–Trinajstić information content (AvgIpc) is 2.88. The van der Waals surface area contributed by atoms with Gasteiger partial charge in [-0.2, -0.15) is 0 Å². The van der Waals surface area contributed by atoms with Crippen molar-refractivity contribution in [3.63, 3.8) is 0 Å². The van der Waals surface area contributed by atoms with Crippen LogP contribution in [-0.4, -0.2) is 11.0 Å².